The first kappa shape index (κ1) is 17.4. The maximum Gasteiger partial charge on any atom is 0.126 e. The van der Waals surface area contributed by atoms with Crippen LogP contribution in [0.15, 0.2) is 45.2 Å². The number of thiophene rings is 1. The number of hydrogen-bond donors (Lipinski definition) is 1. The van der Waals surface area contributed by atoms with Gasteiger partial charge in [0.1, 0.15) is 5.76 Å². The van der Waals surface area contributed by atoms with Gasteiger partial charge in [-0.2, -0.15) is 11.3 Å². The molecule has 0 saturated carbocycles. The lowest BCUT2D eigenvalue weighted by Gasteiger charge is -2.41. The number of piperazine rings is 1. The van der Waals surface area contributed by atoms with E-state index >= 15 is 0 Å². The van der Waals surface area contributed by atoms with Gasteiger partial charge in [-0.1, -0.05) is 5.57 Å². The first-order valence-corrected chi connectivity index (χ1v) is 9.48. The third kappa shape index (κ3) is 4.80. The van der Waals surface area contributed by atoms with Crippen molar-refractivity contribution in [3.63, 3.8) is 0 Å². The Kier molecular flexibility index (Phi) is 6.26. The van der Waals surface area contributed by atoms with E-state index in [1.165, 1.54) is 11.1 Å². The van der Waals surface area contributed by atoms with Gasteiger partial charge in [-0.05, 0) is 53.9 Å². The topological polar surface area (TPSA) is 39.9 Å². The summed E-state index contributed by atoms with van der Waals surface area (Å²) in [5, 5.41) is 13.8. The van der Waals surface area contributed by atoms with Crippen LogP contribution in [-0.4, -0.2) is 53.7 Å². The molecule has 3 rings (SSSR count). The average Bonchev–Trinajstić information content (AvgIpc) is 3.24. The fourth-order valence-electron chi connectivity index (χ4n) is 3.36. The Morgan fingerprint density at radius 3 is 3.04 bits per heavy atom. The van der Waals surface area contributed by atoms with Crippen LogP contribution >= 0.6 is 11.3 Å². The third-order valence-corrected chi connectivity index (χ3v) is 5.25. The van der Waals surface area contributed by atoms with Crippen molar-refractivity contribution in [3.8, 4) is 0 Å². The summed E-state index contributed by atoms with van der Waals surface area (Å²) in [5.41, 5.74) is 2.68. The number of nitrogens with zero attached hydrogens (tertiary/aromatic N) is 2. The van der Waals surface area contributed by atoms with Gasteiger partial charge in [-0.25, -0.2) is 0 Å². The maximum atomic E-state index is 9.43. The highest BCUT2D eigenvalue weighted by Gasteiger charge is 2.26. The third-order valence-electron chi connectivity index (χ3n) is 4.52. The molecule has 0 amide bonds. The van der Waals surface area contributed by atoms with Gasteiger partial charge in [-0.15, -0.1) is 0 Å². The van der Waals surface area contributed by atoms with Crippen LogP contribution in [0.3, 0.4) is 0 Å². The summed E-state index contributed by atoms with van der Waals surface area (Å²) in [6, 6.07) is 6.51. The van der Waals surface area contributed by atoms with Gasteiger partial charge in [0.05, 0.1) is 6.26 Å². The summed E-state index contributed by atoms with van der Waals surface area (Å²) in [5.74, 6) is 0.913. The lowest BCUT2D eigenvalue weighted by atomic mass is 10.1. The molecule has 1 aliphatic heterocycles. The van der Waals surface area contributed by atoms with Crippen LogP contribution in [-0.2, 0) is 6.54 Å². The van der Waals surface area contributed by atoms with E-state index in [4.69, 9.17) is 4.42 Å². The molecule has 0 spiro atoms. The predicted octanol–water partition coefficient (Wildman–Crippen LogP) is 3.31. The first-order chi connectivity index (χ1) is 11.7. The lowest BCUT2D eigenvalue weighted by Crippen LogP contribution is -2.53. The minimum Gasteiger partial charge on any atom is -0.465 e. The molecule has 1 saturated heterocycles. The second-order valence-corrected chi connectivity index (χ2v) is 7.29. The minimum absolute atomic E-state index is 0.250. The molecule has 130 valence electrons. The van der Waals surface area contributed by atoms with Gasteiger partial charge in [0.15, 0.2) is 0 Å². The van der Waals surface area contributed by atoms with E-state index in [2.05, 4.69) is 39.6 Å². The van der Waals surface area contributed by atoms with Crippen LogP contribution < -0.4 is 0 Å². The average molecular weight is 346 g/mol. The second kappa shape index (κ2) is 8.62. The van der Waals surface area contributed by atoms with Crippen molar-refractivity contribution in [1.29, 1.82) is 0 Å². The highest BCUT2D eigenvalue weighted by atomic mass is 32.1. The first-order valence-electron chi connectivity index (χ1n) is 8.53. The number of furan rings is 1. The van der Waals surface area contributed by atoms with E-state index in [9.17, 15) is 5.11 Å². The fraction of sp³-hybridized carbons (Fsp3) is 0.474. The summed E-state index contributed by atoms with van der Waals surface area (Å²) >= 11 is 1.75. The smallest absolute Gasteiger partial charge is 0.126 e. The SMILES string of the molecule is CC(=Cc1ccco1)CN1CCN(Cc2ccsc2)C(CCO)C1. The van der Waals surface area contributed by atoms with Gasteiger partial charge in [0.25, 0.3) is 0 Å². The van der Waals surface area contributed by atoms with Gasteiger partial charge >= 0.3 is 0 Å². The molecule has 1 atom stereocenters. The Labute approximate surface area is 148 Å². The van der Waals surface area contributed by atoms with Crippen LogP contribution in [0.1, 0.15) is 24.7 Å². The van der Waals surface area contributed by atoms with Crippen LogP contribution in [0.25, 0.3) is 6.08 Å². The van der Waals surface area contributed by atoms with E-state index in [1.54, 1.807) is 17.6 Å². The molecular weight excluding hydrogens is 320 g/mol. The minimum atomic E-state index is 0.250. The monoisotopic (exact) mass is 346 g/mol. The van der Waals surface area contributed by atoms with E-state index in [-0.39, 0.29) is 6.61 Å². The molecule has 0 aliphatic carbocycles. The zero-order valence-electron chi connectivity index (χ0n) is 14.2. The van der Waals surface area contributed by atoms with Crippen molar-refractivity contribution in [3.05, 3.63) is 52.1 Å². The van der Waals surface area contributed by atoms with Gasteiger partial charge < -0.3 is 9.52 Å². The van der Waals surface area contributed by atoms with Crippen molar-refractivity contribution in [2.75, 3.05) is 32.8 Å². The van der Waals surface area contributed by atoms with Crippen molar-refractivity contribution in [1.82, 2.24) is 9.80 Å². The molecule has 0 aromatic carbocycles. The molecule has 5 heteroatoms. The van der Waals surface area contributed by atoms with Crippen LogP contribution in [0, 0.1) is 0 Å². The van der Waals surface area contributed by atoms with Crippen LogP contribution in [0.2, 0.25) is 0 Å². The molecule has 3 heterocycles. The van der Waals surface area contributed by atoms with Gasteiger partial charge in [0, 0.05) is 45.4 Å². The van der Waals surface area contributed by atoms with Crippen LogP contribution in [0.4, 0.5) is 0 Å². The highest BCUT2D eigenvalue weighted by Crippen LogP contribution is 2.19. The summed E-state index contributed by atoms with van der Waals surface area (Å²) in [6.45, 7) is 7.47. The summed E-state index contributed by atoms with van der Waals surface area (Å²) in [7, 11) is 0. The quantitative estimate of drug-likeness (QED) is 0.835. The molecule has 0 bridgehead atoms. The molecule has 4 nitrogen and oxygen atoms in total. The zero-order valence-corrected chi connectivity index (χ0v) is 15.0. The second-order valence-electron chi connectivity index (χ2n) is 6.51. The molecular formula is C19H26N2O2S. The highest BCUT2D eigenvalue weighted by molar-refractivity contribution is 7.07. The standard InChI is InChI=1S/C19H26N2O2S/c1-16(11-19-3-2-9-23-19)12-20-6-7-21(18(14-20)4-8-22)13-17-5-10-24-15-17/h2-3,5,9-11,15,18,22H,4,6-8,12-14H2,1H3. The molecule has 1 N–H and O–H groups in total. The Morgan fingerprint density at radius 2 is 2.33 bits per heavy atom. The molecule has 1 aliphatic rings. The lowest BCUT2D eigenvalue weighted by molar-refractivity contribution is 0.0586. The van der Waals surface area contributed by atoms with Crippen LogP contribution in [0.5, 0.6) is 0 Å². The fourth-order valence-corrected chi connectivity index (χ4v) is 4.02. The number of aliphatic hydroxyl groups excluding tert-OH is 1. The molecule has 1 fully saturated rings. The summed E-state index contributed by atoms with van der Waals surface area (Å²) in [6.07, 6.45) is 4.65. The molecule has 24 heavy (non-hydrogen) atoms. The van der Waals surface area contributed by atoms with E-state index in [1.807, 2.05) is 12.1 Å². The largest absolute Gasteiger partial charge is 0.465 e. The Hall–Kier alpha value is -1.40. The predicted molar refractivity (Wildman–Crippen MR) is 99.0 cm³/mol. The van der Waals surface area contributed by atoms with E-state index < -0.39 is 0 Å². The molecule has 2 aromatic heterocycles. The normalized spacial score (nSPS) is 20.6. The van der Waals surface area contributed by atoms with E-state index in [0.29, 0.717) is 6.04 Å². The van der Waals surface area contributed by atoms with Crippen molar-refractivity contribution in [2.24, 2.45) is 0 Å². The van der Waals surface area contributed by atoms with Crippen molar-refractivity contribution in [2.45, 2.75) is 25.9 Å². The van der Waals surface area contributed by atoms with Gasteiger partial charge in [-0.3, -0.25) is 9.80 Å². The van der Waals surface area contributed by atoms with Gasteiger partial charge in [0.2, 0.25) is 0 Å². The summed E-state index contributed by atoms with van der Waals surface area (Å²) < 4.78 is 5.39. The number of rotatable bonds is 7. The zero-order chi connectivity index (χ0) is 16.8. The Morgan fingerprint density at radius 1 is 1.42 bits per heavy atom. The Bertz CT molecular complexity index is 622. The molecule has 2 aromatic rings. The molecule has 1 unspecified atom stereocenters. The maximum absolute atomic E-state index is 9.43. The van der Waals surface area contributed by atoms with Crippen molar-refractivity contribution >= 4 is 17.4 Å². The van der Waals surface area contributed by atoms with Crippen molar-refractivity contribution < 1.29 is 9.52 Å². The number of hydrogen-bond acceptors (Lipinski definition) is 5. The molecule has 0 radical (unpaired) electrons. The van der Waals surface area contributed by atoms with E-state index in [0.717, 1.165) is 44.9 Å². The Balaban J connectivity index is 1.57. The number of aliphatic hydroxyl groups is 1. The summed E-state index contributed by atoms with van der Waals surface area (Å²) in [4.78, 5) is 5.00.